The molecule has 1 aromatic heterocycles. The van der Waals surface area contributed by atoms with Crippen molar-refractivity contribution in [3.63, 3.8) is 0 Å². The van der Waals surface area contributed by atoms with Crippen molar-refractivity contribution in [2.75, 3.05) is 0 Å². The van der Waals surface area contributed by atoms with Gasteiger partial charge in [0.1, 0.15) is 0 Å². The molecule has 1 heterocycles. The van der Waals surface area contributed by atoms with Crippen molar-refractivity contribution in [3.8, 4) is 11.8 Å². The van der Waals surface area contributed by atoms with Gasteiger partial charge in [0, 0.05) is 11.8 Å². The number of nitriles is 1. The van der Waals surface area contributed by atoms with Gasteiger partial charge >= 0.3 is 0 Å². The second-order valence-corrected chi connectivity index (χ2v) is 4.52. The summed E-state index contributed by atoms with van der Waals surface area (Å²) >= 11 is 0. The number of aryl methyl sites for hydroxylation is 1. The smallest absolute Gasteiger partial charge is 0.0991 e. The molecule has 1 aliphatic rings. The van der Waals surface area contributed by atoms with Gasteiger partial charge in [0.05, 0.1) is 23.0 Å². The third-order valence-electron chi connectivity index (χ3n) is 3.31. The molecule has 1 aliphatic carbocycles. The molecule has 2 aromatic rings. The van der Waals surface area contributed by atoms with Gasteiger partial charge < -0.3 is 0 Å². The first-order valence-electron chi connectivity index (χ1n) is 7.04. The number of allylic oxidation sites excluding steroid dienone is 2. The van der Waals surface area contributed by atoms with Gasteiger partial charge in [-0.2, -0.15) is 10.4 Å². The fraction of sp³-hybridized carbons (Fsp3) is 0.294. The van der Waals surface area contributed by atoms with Crippen LogP contribution in [-0.4, -0.2) is 9.78 Å². The first kappa shape index (κ1) is 14.1. The number of fused-ring (bicyclic) bond motifs is 1. The highest BCUT2D eigenvalue weighted by molar-refractivity contribution is 5.67. The molecule has 3 heteroatoms. The zero-order valence-corrected chi connectivity index (χ0v) is 12.2. The molecule has 0 saturated heterocycles. The standard InChI is InChI=1S/C15H13N3.C2H6/c1-11-3-2-4-15-14(11)10-18(17-15)13-7-5-12(9-16)6-8-13;1-2/h3,5-8,10H,2,4H2,1H3;1-2H3. The van der Waals surface area contributed by atoms with Crippen molar-refractivity contribution in [2.45, 2.75) is 33.6 Å². The Kier molecular flexibility index (Phi) is 4.37. The molecule has 0 radical (unpaired) electrons. The van der Waals surface area contributed by atoms with Gasteiger partial charge in [-0.15, -0.1) is 0 Å². The summed E-state index contributed by atoms with van der Waals surface area (Å²) in [4.78, 5) is 0. The summed E-state index contributed by atoms with van der Waals surface area (Å²) in [6.45, 7) is 6.13. The molecule has 1 aromatic carbocycles. The fourth-order valence-electron chi connectivity index (χ4n) is 2.28. The summed E-state index contributed by atoms with van der Waals surface area (Å²) in [7, 11) is 0. The lowest BCUT2D eigenvalue weighted by molar-refractivity contribution is 0.822. The third kappa shape index (κ3) is 2.65. The van der Waals surface area contributed by atoms with Crippen LogP contribution in [0.15, 0.2) is 36.5 Å². The zero-order valence-electron chi connectivity index (χ0n) is 12.2. The average molecular weight is 265 g/mol. The molecule has 0 aliphatic heterocycles. The van der Waals surface area contributed by atoms with Crippen LogP contribution in [0.25, 0.3) is 11.3 Å². The number of rotatable bonds is 1. The Morgan fingerprint density at radius 1 is 1.20 bits per heavy atom. The van der Waals surface area contributed by atoms with Crippen LogP contribution >= 0.6 is 0 Å². The second-order valence-electron chi connectivity index (χ2n) is 4.52. The predicted molar refractivity (Wildman–Crippen MR) is 81.6 cm³/mol. The third-order valence-corrected chi connectivity index (χ3v) is 3.31. The molecular weight excluding hydrogens is 246 g/mol. The molecule has 102 valence electrons. The quantitative estimate of drug-likeness (QED) is 0.778. The molecule has 0 saturated carbocycles. The maximum Gasteiger partial charge on any atom is 0.0991 e. The molecule has 0 N–H and O–H groups in total. The summed E-state index contributed by atoms with van der Waals surface area (Å²) in [6.07, 6.45) is 6.41. The molecule has 0 unspecified atom stereocenters. The number of nitrogens with zero attached hydrogens (tertiary/aromatic N) is 3. The van der Waals surface area contributed by atoms with E-state index in [-0.39, 0.29) is 0 Å². The lowest BCUT2D eigenvalue weighted by Gasteiger charge is -2.06. The van der Waals surface area contributed by atoms with Crippen LogP contribution in [0.1, 0.15) is 44.0 Å². The van der Waals surface area contributed by atoms with Crippen LogP contribution in [0.4, 0.5) is 0 Å². The Bertz CT molecular complexity index is 655. The van der Waals surface area contributed by atoms with Gasteiger partial charge in [-0.3, -0.25) is 0 Å². The highest BCUT2D eigenvalue weighted by Crippen LogP contribution is 2.26. The minimum atomic E-state index is 0.673. The van der Waals surface area contributed by atoms with E-state index < -0.39 is 0 Å². The Morgan fingerprint density at radius 3 is 2.50 bits per heavy atom. The summed E-state index contributed by atoms with van der Waals surface area (Å²) in [5, 5.41) is 13.4. The average Bonchev–Trinajstić information content (AvgIpc) is 2.95. The van der Waals surface area contributed by atoms with Crippen molar-refractivity contribution < 1.29 is 0 Å². The van der Waals surface area contributed by atoms with Gasteiger partial charge in [0.25, 0.3) is 0 Å². The van der Waals surface area contributed by atoms with Crippen molar-refractivity contribution in [1.29, 1.82) is 5.26 Å². The van der Waals surface area contributed by atoms with Crippen molar-refractivity contribution >= 4 is 5.57 Å². The number of hydrogen-bond donors (Lipinski definition) is 0. The molecule has 20 heavy (non-hydrogen) atoms. The summed E-state index contributed by atoms with van der Waals surface area (Å²) in [5.41, 5.74) is 5.38. The van der Waals surface area contributed by atoms with Crippen molar-refractivity contribution in [3.05, 3.63) is 53.4 Å². The largest absolute Gasteiger partial charge is 0.240 e. The highest BCUT2D eigenvalue weighted by Gasteiger charge is 2.14. The Balaban J connectivity index is 0.000000704. The Morgan fingerprint density at radius 2 is 1.90 bits per heavy atom. The van der Waals surface area contributed by atoms with E-state index in [1.54, 1.807) is 0 Å². The second kappa shape index (κ2) is 6.21. The van der Waals surface area contributed by atoms with E-state index in [4.69, 9.17) is 5.26 Å². The van der Waals surface area contributed by atoms with E-state index >= 15 is 0 Å². The molecule has 0 bridgehead atoms. The summed E-state index contributed by atoms with van der Waals surface area (Å²) in [6, 6.07) is 9.61. The highest BCUT2D eigenvalue weighted by atomic mass is 15.3. The molecule has 0 amide bonds. The van der Waals surface area contributed by atoms with Crippen LogP contribution in [0.5, 0.6) is 0 Å². The zero-order chi connectivity index (χ0) is 14.5. The Hall–Kier alpha value is -2.34. The Labute approximate surface area is 120 Å². The van der Waals surface area contributed by atoms with Gasteiger partial charge in [-0.1, -0.05) is 19.9 Å². The normalized spacial score (nSPS) is 12.6. The molecule has 0 spiro atoms. The van der Waals surface area contributed by atoms with Crippen LogP contribution in [0, 0.1) is 11.3 Å². The molecule has 3 nitrogen and oxygen atoms in total. The molecular formula is C17H19N3. The minimum Gasteiger partial charge on any atom is -0.240 e. The maximum absolute atomic E-state index is 8.79. The van der Waals surface area contributed by atoms with Crippen molar-refractivity contribution in [1.82, 2.24) is 9.78 Å². The number of benzene rings is 1. The molecule has 3 rings (SSSR count). The summed E-state index contributed by atoms with van der Waals surface area (Å²) < 4.78 is 1.90. The van der Waals surface area contributed by atoms with Crippen LogP contribution in [0.3, 0.4) is 0 Å². The van der Waals surface area contributed by atoms with E-state index in [9.17, 15) is 0 Å². The monoisotopic (exact) mass is 265 g/mol. The van der Waals surface area contributed by atoms with Crippen molar-refractivity contribution in [2.24, 2.45) is 0 Å². The van der Waals surface area contributed by atoms with E-state index in [2.05, 4.69) is 30.4 Å². The first-order chi connectivity index (χ1) is 9.78. The number of hydrogen-bond acceptors (Lipinski definition) is 2. The SMILES string of the molecule is CC.CC1=CCCc2nn(-c3ccc(C#N)cc3)cc21. The number of aromatic nitrogens is 2. The minimum absolute atomic E-state index is 0.673. The lowest BCUT2D eigenvalue weighted by atomic mass is 9.99. The maximum atomic E-state index is 8.79. The van der Waals surface area contributed by atoms with Crippen LogP contribution < -0.4 is 0 Å². The topological polar surface area (TPSA) is 41.6 Å². The van der Waals surface area contributed by atoms with Crippen LogP contribution in [0.2, 0.25) is 0 Å². The van der Waals surface area contributed by atoms with Gasteiger partial charge in [0.15, 0.2) is 0 Å². The first-order valence-corrected chi connectivity index (χ1v) is 7.04. The van der Waals surface area contributed by atoms with E-state index in [1.807, 2.05) is 42.8 Å². The van der Waals surface area contributed by atoms with E-state index in [1.165, 1.54) is 16.8 Å². The van der Waals surface area contributed by atoms with E-state index in [0.717, 1.165) is 18.5 Å². The van der Waals surface area contributed by atoms with Gasteiger partial charge in [-0.25, -0.2) is 4.68 Å². The fourth-order valence-corrected chi connectivity index (χ4v) is 2.28. The molecule has 0 fully saturated rings. The summed E-state index contributed by atoms with van der Waals surface area (Å²) in [5.74, 6) is 0. The lowest BCUT2D eigenvalue weighted by Crippen LogP contribution is -1.97. The molecule has 0 atom stereocenters. The van der Waals surface area contributed by atoms with Gasteiger partial charge in [-0.05, 0) is 49.6 Å². The van der Waals surface area contributed by atoms with Gasteiger partial charge in [0.2, 0.25) is 0 Å². The van der Waals surface area contributed by atoms with E-state index in [0.29, 0.717) is 5.56 Å². The predicted octanol–water partition coefficient (Wildman–Crippen LogP) is 4.12. The van der Waals surface area contributed by atoms with Crippen LogP contribution in [-0.2, 0) is 6.42 Å².